The van der Waals surface area contributed by atoms with Gasteiger partial charge >= 0.3 is 0 Å². The highest BCUT2D eigenvalue weighted by Gasteiger charge is 2.17. The monoisotopic (exact) mass is 242 g/mol. The molecule has 0 aromatic rings. The van der Waals surface area contributed by atoms with Crippen LogP contribution in [0, 0.1) is 5.92 Å². The van der Waals surface area contributed by atoms with Gasteiger partial charge in [-0.1, -0.05) is 19.8 Å². The van der Waals surface area contributed by atoms with Crippen LogP contribution in [0.2, 0.25) is 0 Å². The standard InChI is InChI=1S/C13H26N2O2/c1-2-4-12-5-3-8-15(9-6-12)11-13(17)14-7-10-16/h12,16H,2-11H2,1H3,(H,14,17). The number of aliphatic hydroxyl groups excluding tert-OH is 1. The summed E-state index contributed by atoms with van der Waals surface area (Å²) >= 11 is 0. The van der Waals surface area contributed by atoms with Gasteiger partial charge in [-0.05, 0) is 38.3 Å². The Balaban J connectivity index is 2.23. The van der Waals surface area contributed by atoms with Gasteiger partial charge in [0.2, 0.25) is 5.91 Å². The van der Waals surface area contributed by atoms with E-state index in [4.69, 9.17) is 5.11 Å². The van der Waals surface area contributed by atoms with Gasteiger partial charge in [-0.2, -0.15) is 0 Å². The van der Waals surface area contributed by atoms with Crippen molar-refractivity contribution < 1.29 is 9.90 Å². The van der Waals surface area contributed by atoms with Gasteiger partial charge in [-0.25, -0.2) is 0 Å². The zero-order valence-electron chi connectivity index (χ0n) is 11.0. The molecule has 0 radical (unpaired) electrons. The summed E-state index contributed by atoms with van der Waals surface area (Å²) in [5.74, 6) is 0.887. The fourth-order valence-electron chi connectivity index (χ4n) is 2.53. The number of carbonyl (C=O) groups is 1. The summed E-state index contributed by atoms with van der Waals surface area (Å²) in [7, 11) is 0. The number of carbonyl (C=O) groups excluding carboxylic acids is 1. The van der Waals surface area contributed by atoms with Crippen molar-refractivity contribution in [3.63, 3.8) is 0 Å². The molecule has 100 valence electrons. The van der Waals surface area contributed by atoms with Crippen LogP contribution < -0.4 is 5.32 Å². The fraction of sp³-hybridized carbons (Fsp3) is 0.923. The van der Waals surface area contributed by atoms with Crippen molar-refractivity contribution >= 4 is 5.91 Å². The van der Waals surface area contributed by atoms with Crippen LogP contribution in [0.3, 0.4) is 0 Å². The Bertz CT molecular complexity index is 221. The second-order valence-corrected chi connectivity index (χ2v) is 4.94. The molecule has 0 bridgehead atoms. The summed E-state index contributed by atoms with van der Waals surface area (Å²) in [4.78, 5) is 13.8. The van der Waals surface area contributed by atoms with Gasteiger partial charge in [0.15, 0.2) is 0 Å². The number of hydrogen-bond donors (Lipinski definition) is 2. The van der Waals surface area contributed by atoms with Crippen molar-refractivity contribution in [2.45, 2.75) is 39.0 Å². The van der Waals surface area contributed by atoms with Crippen LogP contribution in [-0.2, 0) is 4.79 Å². The third-order valence-electron chi connectivity index (χ3n) is 3.44. The predicted octanol–water partition coefficient (Wildman–Crippen LogP) is 0.997. The molecule has 1 amide bonds. The third kappa shape index (κ3) is 6.03. The summed E-state index contributed by atoms with van der Waals surface area (Å²) < 4.78 is 0. The van der Waals surface area contributed by atoms with E-state index in [1.807, 2.05) is 0 Å². The van der Waals surface area contributed by atoms with Gasteiger partial charge in [0.25, 0.3) is 0 Å². The smallest absolute Gasteiger partial charge is 0.234 e. The first-order chi connectivity index (χ1) is 8.26. The molecule has 1 aliphatic heterocycles. The zero-order chi connectivity index (χ0) is 12.5. The minimum Gasteiger partial charge on any atom is -0.395 e. The molecule has 0 aromatic carbocycles. The molecular formula is C13H26N2O2. The molecular weight excluding hydrogens is 216 g/mol. The lowest BCUT2D eigenvalue weighted by Gasteiger charge is -2.19. The van der Waals surface area contributed by atoms with E-state index >= 15 is 0 Å². The minimum absolute atomic E-state index is 0.0182. The summed E-state index contributed by atoms with van der Waals surface area (Å²) in [6, 6.07) is 0. The molecule has 0 saturated carbocycles. The van der Waals surface area contributed by atoms with E-state index in [2.05, 4.69) is 17.1 Å². The molecule has 1 aliphatic rings. The number of rotatable bonds is 6. The Hall–Kier alpha value is -0.610. The van der Waals surface area contributed by atoms with Crippen LogP contribution in [0.25, 0.3) is 0 Å². The second-order valence-electron chi connectivity index (χ2n) is 4.94. The average molecular weight is 242 g/mol. The topological polar surface area (TPSA) is 52.6 Å². The molecule has 1 heterocycles. The largest absolute Gasteiger partial charge is 0.395 e. The maximum atomic E-state index is 11.5. The van der Waals surface area contributed by atoms with Crippen LogP contribution in [0.5, 0.6) is 0 Å². The molecule has 1 saturated heterocycles. The first-order valence-electron chi connectivity index (χ1n) is 6.86. The van der Waals surface area contributed by atoms with Crippen molar-refractivity contribution in [3.8, 4) is 0 Å². The highest BCUT2D eigenvalue weighted by molar-refractivity contribution is 5.77. The number of nitrogens with zero attached hydrogens (tertiary/aromatic N) is 1. The number of likely N-dealkylation sites (tertiary alicyclic amines) is 1. The van der Waals surface area contributed by atoms with Crippen molar-refractivity contribution in [2.75, 3.05) is 32.8 Å². The van der Waals surface area contributed by atoms with E-state index in [0.717, 1.165) is 19.0 Å². The Labute approximate surface area is 104 Å². The van der Waals surface area contributed by atoms with Crippen molar-refractivity contribution in [2.24, 2.45) is 5.92 Å². The van der Waals surface area contributed by atoms with Crippen LogP contribution >= 0.6 is 0 Å². The average Bonchev–Trinajstić information content (AvgIpc) is 2.53. The molecule has 1 rings (SSSR count). The van der Waals surface area contributed by atoms with E-state index < -0.39 is 0 Å². The quantitative estimate of drug-likeness (QED) is 0.730. The molecule has 2 N–H and O–H groups in total. The molecule has 0 aromatic heterocycles. The lowest BCUT2D eigenvalue weighted by molar-refractivity contribution is -0.122. The van der Waals surface area contributed by atoms with Crippen LogP contribution in [0.4, 0.5) is 0 Å². The Morgan fingerprint density at radius 3 is 2.94 bits per heavy atom. The summed E-state index contributed by atoms with van der Waals surface area (Å²) in [5, 5.41) is 11.3. The van der Waals surface area contributed by atoms with Gasteiger partial charge < -0.3 is 10.4 Å². The molecule has 0 aliphatic carbocycles. The number of amides is 1. The van der Waals surface area contributed by atoms with Gasteiger partial charge in [0, 0.05) is 6.54 Å². The highest BCUT2D eigenvalue weighted by Crippen LogP contribution is 2.21. The van der Waals surface area contributed by atoms with Crippen molar-refractivity contribution in [1.82, 2.24) is 10.2 Å². The Kier molecular flexibility index (Phi) is 7.21. The molecule has 17 heavy (non-hydrogen) atoms. The van der Waals surface area contributed by atoms with E-state index in [-0.39, 0.29) is 12.5 Å². The molecule has 4 heteroatoms. The first-order valence-corrected chi connectivity index (χ1v) is 6.86. The third-order valence-corrected chi connectivity index (χ3v) is 3.44. The maximum absolute atomic E-state index is 11.5. The zero-order valence-corrected chi connectivity index (χ0v) is 11.0. The molecule has 1 atom stereocenters. The number of nitrogens with one attached hydrogen (secondary N) is 1. The van der Waals surface area contributed by atoms with Crippen LogP contribution in [-0.4, -0.2) is 48.7 Å². The Morgan fingerprint density at radius 1 is 1.41 bits per heavy atom. The Morgan fingerprint density at radius 2 is 2.24 bits per heavy atom. The second kappa shape index (κ2) is 8.48. The summed E-state index contributed by atoms with van der Waals surface area (Å²) in [5.41, 5.74) is 0. The molecule has 4 nitrogen and oxygen atoms in total. The molecule has 1 fully saturated rings. The number of aliphatic hydroxyl groups is 1. The molecule has 1 unspecified atom stereocenters. The maximum Gasteiger partial charge on any atom is 0.234 e. The van der Waals surface area contributed by atoms with E-state index in [9.17, 15) is 4.79 Å². The van der Waals surface area contributed by atoms with E-state index in [1.54, 1.807) is 0 Å². The van der Waals surface area contributed by atoms with Crippen LogP contribution in [0.15, 0.2) is 0 Å². The number of hydrogen-bond acceptors (Lipinski definition) is 3. The highest BCUT2D eigenvalue weighted by atomic mass is 16.3. The fourth-order valence-corrected chi connectivity index (χ4v) is 2.53. The predicted molar refractivity (Wildman–Crippen MR) is 68.8 cm³/mol. The van der Waals surface area contributed by atoms with Crippen molar-refractivity contribution in [3.05, 3.63) is 0 Å². The van der Waals surface area contributed by atoms with Crippen LogP contribution in [0.1, 0.15) is 39.0 Å². The van der Waals surface area contributed by atoms with Gasteiger partial charge in [-0.15, -0.1) is 0 Å². The summed E-state index contributed by atoms with van der Waals surface area (Å²) in [6.45, 7) is 5.18. The SMILES string of the molecule is CCCC1CCCN(CC(=O)NCCO)CC1. The van der Waals surface area contributed by atoms with E-state index in [0.29, 0.717) is 13.1 Å². The van der Waals surface area contributed by atoms with Gasteiger partial charge in [-0.3, -0.25) is 9.69 Å². The van der Waals surface area contributed by atoms with E-state index in [1.165, 1.54) is 32.1 Å². The summed E-state index contributed by atoms with van der Waals surface area (Å²) in [6.07, 6.45) is 6.33. The minimum atomic E-state index is 0.0182. The lowest BCUT2D eigenvalue weighted by Crippen LogP contribution is -2.38. The normalized spacial score (nSPS) is 22.1. The molecule has 0 spiro atoms. The van der Waals surface area contributed by atoms with Crippen molar-refractivity contribution in [1.29, 1.82) is 0 Å². The van der Waals surface area contributed by atoms with Gasteiger partial charge in [0.05, 0.1) is 13.2 Å². The van der Waals surface area contributed by atoms with Gasteiger partial charge in [0.1, 0.15) is 0 Å². The first kappa shape index (κ1) is 14.5. The lowest BCUT2D eigenvalue weighted by atomic mass is 9.96.